The Morgan fingerprint density at radius 3 is 2.88 bits per heavy atom. The summed E-state index contributed by atoms with van der Waals surface area (Å²) in [4.78, 5) is 15.7. The monoisotopic (exact) mass is 336 g/mol. The Balaban J connectivity index is 1.72. The number of anilines is 1. The number of aryl methyl sites for hydroxylation is 1. The first-order valence-corrected chi connectivity index (χ1v) is 8.69. The summed E-state index contributed by atoms with van der Waals surface area (Å²) in [6.07, 6.45) is 0. The molecule has 0 N–H and O–H groups in total. The van der Waals surface area contributed by atoms with Crippen molar-refractivity contribution in [3.63, 3.8) is 0 Å². The third kappa shape index (κ3) is 2.41. The predicted octanol–water partition coefficient (Wildman–Crippen LogP) is 4.53. The van der Waals surface area contributed by atoms with Gasteiger partial charge < -0.3 is 9.42 Å². The van der Waals surface area contributed by atoms with Crippen LogP contribution in [0.2, 0.25) is 0 Å². The summed E-state index contributed by atoms with van der Waals surface area (Å²) in [6, 6.07) is 15.9. The highest BCUT2D eigenvalue weighted by molar-refractivity contribution is 7.98. The molecule has 4 rings (SSSR count). The lowest BCUT2D eigenvalue weighted by Crippen LogP contribution is -2.27. The van der Waals surface area contributed by atoms with Gasteiger partial charge in [0.05, 0.1) is 0 Å². The molecule has 0 fully saturated rings. The van der Waals surface area contributed by atoms with Gasteiger partial charge in [0.1, 0.15) is 0 Å². The molecule has 1 amide bonds. The van der Waals surface area contributed by atoms with Crippen LogP contribution in [0.3, 0.4) is 0 Å². The molecule has 2 aromatic carbocycles. The topological polar surface area (TPSA) is 46.3 Å². The molecule has 0 aliphatic carbocycles. The molecule has 0 radical (unpaired) electrons. The zero-order valence-electron chi connectivity index (χ0n) is 13.4. The fourth-order valence-electron chi connectivity index (χ4n) is 2.87. The number of aromatic nitrogens is 1. The van der Waals surface area contributed by atoms with Crippen molar-refractivity contribution in [2.45, 2.75) is 17.6 Å². The van der Waals surface area contributed by atoms with Crippen LogP contribution in [0.15, 0.2) is 57.9 Å². The first-order valence-electron chi connectivity index (χ1n) is 7.70. The highest BCUT2D eigenvalue weighted by Gasteiger charge is 2.29. The molecule has 3 aromatic rings. The maximum absolute atomic E-state index is 12.9. The van der Waals surface area contributed by atoms with Crippen molar-refractivity contribution in [3.8, 4) is 11.3 Å². The molecule has 1 aromatic heterocycles. The smallest absolute Gasteiger partial charge is 0.280 e. The molecule has 2 heterocycles. The molecule has 0 unspecified atom stereocenters. The van der Waals surface area contributed by atoms with Gasteiger partial charge in [0.25, 0.3) is 5.91 Å². The van der Waals surface area contributed by atoms with Gasteiger partial charge in [-0.1, -0.05) is 29.4 Å². The largest absolute Gasteiger partial charge is 0.355 e. The summed E-state index contributed by atoms with van der Waals surface area (Å²) in [5.74, 6) is 1.26. The Morgan fingerprint density at radius 2 is 2.04 bits per heavy atom. The lowest BCUT2D eigenvalue weighted by Gasteiger charge is -2.18. The molecule has 4 nitrogen and oxygen atoms in total. The Hall–Kier alpha value is -2.53. The molecule has 120 valence electrons. The van der Waals surface area contributed by atoms with E-state index in [1.807, 2.05) is 49.4 Å². The number of hydrogen-bond donors (Lipinski definition) is 0. The highest BCUT2D eigenvalue weighted by Crippen LogP contribution is 2.42. The van der Waals surface area contributed by atoms with Gasteiger partial charge in [-0.05, 0) is 36.8 Å². The second-order valence-electron chi connectivity index (χ2n) is 5.83. The number of rotatable bonds is 2. The van der Waals surface area contributed by atoms with Crippen LogP contribution in [0, 0.1) is 6.92 Å². The first kappa shape index (κ1) is 15.0. The highest BCUT2D eigenvalue weighted by atomic mass is 32.2. The number of hydrogen-bond acceptors (Lipinski definition) is 4. The van der Waals surface area contributed by atoms with Crippen LogP contribution < -0.4 is 4.90 Å². The van der Waals surface area contributed by atoms with Crippen LogP contribution >= 0.6 is 11.8 Å². The van der Waals surface area contributed by atoms with Gasteiger partial charge in [0.15, 0.2) is 11.5 Å². The van der Waals surface area contributed by atoms with Crippen LogP contribution in [0.25, 0.3) is 11.3 Å². The molecule has 0 saturated carbocycles. The van der Waals surface area contributed by atoms with Crippen LogP contribution in [0.4, 0.5) is 5.69 Å². The molecule has 0 atom stereocenters. The fraction of sp³-hybridized carbons (Fsp3) is 0.158. The summed E-state index contributed by atoms with van der Waals surface area (Å²) in [5, 5.41) is 4.09. The van der Waals surface area contributed by atoms with Gasteiger partial charge in [0.2, 0.25) is 0 Å². The van der Waals surface area contributed by atoms with E-state index in [0.717, 1.165) is 27.3 Å². The van der Waals surface area contributed by atoms with Gasteiger partial charge in [0, 0.05) is 34.5 Å². The predicted molar refractivity (Wildman–Crippen MR) is 95.4 cm³/mol. The van der Waals surface area contributed by atoms with Crippen molar-refractivity contribution in [1.82, 2.24) is 5.16 Å². The first-order chi connectivity index (χ1) is 11.6. The third-order valence-corrected chi connectivity index (χ3v) is 5.29. The summed E-state index contributed by atoms with van der Waals surface area (Å²) in [7, 11) is 1.77. The van der Waals surface area contributed by atoms with Crippen molar-refractivity contribution < 1.29 is 9.32 Å². The van der Waals surface area contributed by atoms with E-state index < -0.39 is 0 Å². The maximum atomic E-state index is 12.9. The van der Waals surface area contributed by atoms with Crippen LogP contribution in [-0.4, -0.2) is 18.1 Å². The van der Waals surface area contributed by atoms with Crippen LogP contribution in [0.5, 0.6) is 0 Å². The summed E-state index contributed by atoms with van der Waals surface area (Å²) >= 11 is 1.71. The van der Waals surface area contributed by atoms with Crippen molar-refractivity contribution in [3.05, 3.63) is 65.4 Å². The average Bonchev–Trinajstić information content (AvgIpc) is 3.05. The van der Waals surface area contributed by atoms with Gasteiger partial charge in [-0.3, -0.25) is 4.79 Å². The molecule has 0 bridgehead atoms. The van der Waals surface area contributed by atoms with E-state index in [0.29, 0.717) is 17.2 Å². The lowest BCUT2D eigenvalue weighted by molar-refractivity contribution is 0.0984. The second kappa shape index (κ2) is 5.83. The van der Waals surface area contributed by atoms with Crippen molar-refractivity contribution >= 4 is 23.4 Å². The molecular formula is C19H16N2O2S. The number of thioether (sulfide) groups is 1. The number of nitrogens with zero attached hydrogens (tertiary/aromatic N) is 2. The minimum Gasteiger partial charge on any atom is -0.355 e. The number of benzene rings is 2. The number of carbonyl (C=O) groups excluding carboxylic acids is 1. The van der Waals surface area contributed by atoms with E-state index in [1.165, 1.54) is 0 Å². The van der Waals surface area contributed by atoms with Crippen molar-refractivity contribution in [2.75, 3.05) is 11.9 Å². The lowest BCUT2D eigenvalue weighted by atomic mass is 10.1. The number of amides is 1. The third-order valence-electron chi connectivity index (χ3n) is 4.19. The van der Waals surface area contributed by atoms with Crippen molar-refractivity contribution in [1.29, 1.82) is 0 Å². The quantitative estimate of drug-likeness (QED) is 0.689. The van der Waals surface area contributed by atoms with Gasteiger partial charge in [-0.2, -0.15) is 0 Å². The Labute approximate surface area is 144 Å². The standard InChI is InChI=1S/C19H16N2O2S/c1-12-6-5-7-13(10-12)21(2)19(22)17-15-11-24-16-9-4-3-8-14(16)18(15)23-20-17/h3-10H,11H2,1-2H3. The molecular weight excluding hydrogens is 320 g/mol. The maximum Gasteiger partial charge on any atom is 0.280 e. The molecule has 5 heteroatoms. The number of fused-ring (bicyclic) bond motifs is 3. The molecule has 0 saturated heterocycles. The molecule has 1 aliphatic rings. The average molecular weight is 336 g/mol. The zero-order valence-corrected chi connectivity index (χ0v) is 14.3. The summed E-state index contributed by atoms with van der Waals surface area (Å²) in [6.45, 7) is 2.01. The Bertz CT molecular complexity index is 933. The van der Waals surface area contributed by atoms with E-state index >= 15 is 0 Å². The second-order valence-corrected chi connectivity index (χ2v) is 6.84. The van der Waals surface area contributed by atoms with Crippen molar-refractivity contribution in [2.24, 2.45) is 0 Å². The fourth-order valence-corrected chi connectivity index (χ4v) is 3.92. The van der Waals surface area contributed by atoms with Crippen LogP contribution in [0.1, 0.15) is 21.6 Å². The summed E-state index contributed by atoms with van der Waals surface area (Å²) in [5.41, 5.74) is 4.24. The van der Waals surface area contributed by atoms with Crippen LogP contribution in [-0.2, 0) is 5.75 Å². The molecule has 24 heavy (non-hydrogen) atoms. The van der Waals surface area contributed by atoms with E-state index in [2.05, 4.69) is 11.2 Å². The van der Waals surface area contributed by atoms with Gasteiger partial charge in [-0.15, -0.1) is 11.8 Å². The normalized spacial score (nSPS) is 12.4. The Morgan fingerprint density at radius 1 is 1.21 bits per heavy atom. The Kier molecular flexibility index (Phi) is 3.65. The summed E-state index contributed by atoms with van der Waals surface area (Å²) < 4.78 is 5.53. The van der Waals surface area contributed by atoms with E-state index in [1.54, 1.807) is 23.7 Å². The van der Waals surface area contributed by atoms with E-state index in [4.69, 9.17) is 4.52 Å². The number of carbonyl (C=O) groups is 1. The van der Waals surface area contributed by atoms with E-state index in [-0.39, 0.29) is 5.91 Å². The van der Waals surface area contributed by atoms with E-state index in [9.17, 15) is 4.79 Å². The van der Waals surface area contributed by atoms with Gasteiger partial charge >= 0.3 is 0 Å². The SMILES string of the molecule is Cc1cccc(N(C)C(=O)c2noc3c2CSc2ccccc2-3)c1. The minimum absolute atomic E-state index is 0.148. The molecule has 0 spiro atoms. The zero-order chi connectivity index (χ0) is 16.7. The van der Waals surface area contributed by atoms with Gasteiger partial charge in [-0.25, -0.2) is 0 Å². The molecule has 1 aliphatic heterocycles. The minimum atomic E-state index is -0.148.